The lowest BCUT2D eigenvalue weighted by Crippen LogP contribution is -2.77. The van der Waals surface area contributed by atoms with Crippen LogP contribution in [-0.4, -0.2) is 30.9 Å². The zero-order valence-electron chi connectivity index (χ0n) is 8.35. The Bertz CT molecular complexity index is 175. The van der Waals surface area contributed by atoms with Gasteiger partial charge in [-0.2, -0.15) is 0 Å². The van der Waals surface area contributed by atoms with E-state index in [1.807, 2.05) is 20.8 Å². The van der Waals surface area contributed by atoms with E-state index in [1.165, 1.54) is 0 Å². The lowest BCUT2D eigenvalue weighted by molar-refractivity contribution is -0.107. The van der Waals surface area contributed by atoms with Crippen molar-refractivity contribution < 1.29 is 4.79 Å². The molecule has 1 aliphatic rings. The molecule has 13 heavy (non-hydrogen) atoms. The molecule has 2 unspecified atom stereocenters. The highest BCUT2D eigenvalue weighted by Crippen LogP contribution is 2.02. The Balaban J connectivity index is 2.50. The van der Waals surface area contributed by atoms with Crippen molar-refractivity contribution in [1.82, 2.24) is 21.3 Å². The number of rotatable bonds is 3. The average Bonchev–Trinajstić information content (AvgIpc) is 1.98. The van der Waals surface area contributed by atoms with Crippen molar-refractivity contribution in [3.05, 3.63) is 0 Å². The summed E-state index contributed by atoms with van der Waals surface area (Å²) in [6.07, 6.45) is 1.30. The van der Waals surface area contributed by atoms with E-state index in [9.17, 15) is 4.79 Å². The molecule has 0 aromatic heterocycles. The molecule has 0 aromatic rings. The van der Waals surface area contributed by atoms with Crippen molar-refractivity contribution >= 4 is 6.29 Å². The predicted molar refractivity (Wildman–Crippen MR) is 50.8 cm³/mol. The summed E-state index contributed by atoms with van der Waals surface area (Å²) in [6, 6.07) is 0. The van der Waals surface area contributed by atoms with Gasteiger partial charge >= 0.3 is 0 Å². The second kappa shape index (κ2) is 4.15. The first kappa shape index (κ1) is 10.6. The Morgan fingerprint density at radius 3 is 2.38 bits per heavy atom. The third kappa shape index (κ3) is 3.04. The summed E-state index contributed by atoms with van der Waals surface area (Å²) in [5.74, 6) is -0.370. The minimum atomic E-state index is -0.370. The van der Waals surface area contributed by atoms with Gasteiger partial charge in [-0.25, -0.2) is 0 Å². The fourth-order valence-electron chi connectivity index (χ4n) is 1.71. The SMILES string of the molecule is CC1NC(C)NC(C)(NCC=O)N1. The van der Waals surface area contributed by atoms with Gasteiger partial charge in [-0.05, 0) is 20.8 Å². The molecule has 4 N–H and O–H groups in total. The van der Waals surface area contributed by atoms with E-state index >= 15 is 0 Å². The quantitative estimate of drug-likeness (QED) is 0.422. The highest BCUT2D eigenvalue weighted by Gasteiger charge is 2.30. The fraction of sp³-hybridized carbons (Fsp3) is 0.875. The summed E-state index contributed by atoms with van der Waals surface area (Å²) in [7, 11) is 0. The number of carbonyl (C=O) groups excluding carboxylic acids is 1. The van der Waals surface area contributed by atoms with Crippen LogP contribution in [-0.2, 0) is 4.79 Å². The van der Waals surface area contributed by atoms with Gasteiger partial charge in [0.25, 0.3) is 0 Å². The van der Waals surface area contributed by atoms with Crippen molar-refractivity contribution in [3.8, 4) is 0 Å². The molecule has 0 aliphatic carbocycles. The minimum absolute atomic E-state index is 0.223. The van der Waals surface area contributed by atoms with Crippen LogP contribution in [0.3, 0.4) is 0 Å². The summed E-state index contributed by atoms with van der Waals surface area (Å²) in [4.78, 5) is 10.2. The minimum Gasteiger partial charge on any atom is -0.302 e. The first-order valence-electron chi connectivity index (χ1n) is 4.56. The normalized spacial score (nSPS) is 40.2. The third-order valence-corrected chi connectivity index (χ3v) is 2.05. The van der Waals surface area contributed by atoms with Crippen LogP contribution in [0, 0.1) is 0 Å². The zero-order valence-corrected chi connectivity index (χ0v) is 8.35. The van der Waals surface area contributed by atoms with Crippen LogP contribution < -0.4 is 21.3 Å². The molecule has 5 heteroatoms. The molecule has 0 amide bonds. The smallest absolute Gasteiger partial charge is 0.133 e. The van der Waals surface area contributed by atoms with E-state index in [2.05, 4.69) is 21.3 Å². The maximum absolute atomic E-state index is 10.2. The van der Waals surface area contributed by atoms with Crippen LogP contribution in [0.4, 0.5) is 0 Å². The number of aldehydes is 1. The molecule has 2 atom stereocenters. The number of nitrogens with one attached hydrogen (secondary N) is 4. The van der Waals surface area contributed by atoms with E-state index in [0.29, 0.717) is 6.54 Å². The van der Waals surface area contributed by atoms with E-state index in [4.69, 9.17) is 0 Å². The van der Waals surface area contributed by atoms with E-state index in [0.717, 1.165) is 6.29 Å². The molecule has 0 aromatic carbocycles. The fourth-order valence-corrected chi connectivity index (χ4v) is 1.71. The predicted octanol–water partition coefficient (Wildman–Crippen LogP) is -1.08. The van der Waals surface area contributed by atoms with Crippen molar-refractivity contribution in [2.24, 2.45) is 0 Å². The highest BCUT2D eigenvalue weighted by atomic mass is 16.1. The Kier molecular flexibility index (Phi) is 3.38. The Morgan fingerprint density at radius 2 is 1.92 bits per heavy atom. The van der Waals surface area contributed by atoms with Gasteiger partial charge in [0.05, 0.1) is 18.9 Å². The Labute approximate surface area is 78.6 Å². The van der Waals surface area contributed by atoms with Crippen molar-refractivity contribution in [1.29, 1.82) is 0 Å². The zero-order chi connectivity index (χ0) is 9.90. The molecule has 0 saturated carbocycles. The molecule has 0 spiro atoms. The van der Waals surface area contributed by atoms with Crippen LogP contribution in [0.1, 0.15) is 20.8 Å². The molecule has 1 heterocycles. The van der Waals surface area contributed by atoms with Gasteiger partial charge in [0, 0.05) is 0 Å². The highest BCUT2D eigenvalue weighted by molar-refractivity contribution is 5.52. The summed E-state index contributed by atoms with van der Waals surface area (Å²) >= 11 is 0. The monoisotopic (exact) mass is 186 g/mol. The van der Waals surface area contributed by atoms with Gasteiger partial charge in [0.15, 0.2) is 0 Å². The molecule has 0 bridgehead atoms. The second-order valence-corrected chi connectivity index (χ2v) is 3.57. The molecule has 0 radical (unpaired) electrons. The summed E-state index contributed by atoms with van der Waals surface area (Å²) < 4.78 is 0. The first-order valence-corrected chi connectivity index (χ1v) is 4.56. The summed E-state index contributed by atoms with van der Waals surface area (Å²) in [6.45, 7) is 6.40. The lowest BCUT2D eigenvalue weighted by Gasteiger charge is -2.43. The van der Waals surface area contributed by atoms with Crippen molar-refractivity contribution in [2.45, 2.75) is 38.9 Å². The van der Waals surface area contributed by atoms with E-state index < -0.39 is 0 Å². The molecule has 5 nitrogen and oxygen atoms in total. The third-order valence-electron chi connectivity index (χ3n) is 2.05. The lowest BCUT2D eigenvalue weighted by atomic mass is 10.2. The maximum atomic E-state index is 10.2. The summed E-state index contributed by atoms with van der Waals surface area (Å²) in [5.41, 5.74) is 0. The van der Waals surface area contributed by atoms with E-state index in [1.54, 1.807) is 0 Å². The van der Waals surface area contributed by atoms with E-state index in [-0.39, 0.29) is 18.1 Å². The van der Waals surface area contributed by atoms with Crippen molar-refractivity contribution in [3.63, 3.8) is 0 Å². The molecule has 1 fully saturated rings. The van der Waals surface area contributed by atoms with Crippen molar-refractivity contribution in [2.75, 3.05) is 6.54 Å². The maximum Gasteiger partial charge on any atom is 0.133 e. The topological polar surface area (TPSA) is 65.2 Å². The Morgan fingerprint density at radius 1 is 1.38 bits per heavy atom. The van der Waals surface area contributed by atoms with Gasteiger partial charge in [0.2, 0.25) is 0 Å². The largest absolute Gasteiger partial charge is 0.302 e. The number of hydrogen-bond donors (Lipinski definition) is 4. The first-order chi connectivity index (χ1) is 6.06. The average molecular weight is 186 g/mol. The number of carbonyl (C=O) groups is 1. The van der Waals surface area contributed by atoms with Crippen LogP contribution in [0.15, 0.2) is 0 Å². The molecular weight excluding hydrogens is 168 g/mol. The number of hydrogen-bond acceptors (Lipinski definition) is 5. The van der Waals surface area contributed by atoms with Gasteiger partial charge < -0.3 is 4.79 Å². The molecule has 76 valence electrons. The van der Waals surface area contributed by atoms with Crippen LogP contribution >= 0.6 is 0 Å². The van der Waals surface area contributed by atoms with Gasteiger partial charge in [-0.1, -0.05) is 0 Å². The van der Waals surface area contributed by atoms with Gasteiger partial charge in [0.1, 0.15) is 12.1 Å². The van der Waals surface area contributed by atoms with Crippen LogP contribution in [0.25, 0.3) is 0 Å². The summed E-state index contributed by atoms with van der Waals surface area (Å²) in [5, 5.41) is 12.9. The second-order valence-electron chi connectivity index (χ2n) is 3.57. The van der Waals surface area contributed by atoms with Crippen LogP contribution in [0.2, 0.25) is 0 Å². The molecular formula is C8H18N4O. The molecule has 1 aliphatic heterocycles. The van der Waals surface area contributed by atoms with Gasteiger partial charge in [-0.15, -0.1) is 0 Å². The van der Waals surface area contributed by atoms with Gasteiger partial charge in [-0.3, -0.25) is 21.3 Å². The standard InChI is InChI=1S/C8H18N4O/c1-6-10-7(2)12-8(3,11-6)9-4-5-13/h5-7,9-12H,4H2,1-3H3. The van der Waals surface area contributed by atoms with Crippen LogP contribution in [0.5, 0.6) is 0 Å². The molecule has 1 rings (SSSR count). The molecule has 1 saturated heterocycles. The Hall–Kier alpha value is -0.490.